The molecule has 0 bridgehead atoms. The van der Waals surface area contributed by atoms with Crippen LogP contribution in [0.5, 0.6) is 0 Å². The number of hydrogen-bond donors (Lipinski definition) is 1. The Labute approximate surface area is 109 Å². The van der Waals surface area contributed by atoms with E-state index in [1.54, 1.807) is 11.3 Å². The van der Waals surface area contributed by atoms with Gasteiger partial charge in [-0.05, 0) is 38.6 Å². The molecule has 0 saturated heterocycles. The van der Waals surface area contributed by atoms with Gasteiger partial charge in [-0.1, -0.05) is 26.2 Å². The maximum atomic E-state index is 4.55. The molecule has 3 heteroatoms. The van der Waals surface area contributed by atoms with Gasteiger partial charge < -0.3 is 5.32 Å². The zero-order valence-corrected chi connectivity index (χ0v) is 12.0. The molecule has 1 heterocycles. The van der Waals surface area contributed by atoms with E-state index in [9.17, 15) is 0 Å². The number of thiazole rings is 1. The highest BCUT2D eigenvalue weighted by molar-refractivity contribution is 7.09. The van der Waals surface area contributed by atoms with Crippen LogP contribution in [-0.2, 0) is 0 Å². The molecule has 3 unspecified atom stereocenters. The van der Waals surface area contributed by atoms with Gasteiger partial charge in [0.05, 0.1) is 10.7 Å². The molecule has 0 aliphatic heterocycles. The zero-order chi connectivity index (χ0) is 12.3. The minimum Gasteiger partial charge on any atom is -0.309 e. The Balaban J connectivity index is 1.81. The first-order valence-electron chi connectivity index (χ1n) is 6.82. The molecule has 1 fully saturated rings. The van der Waals surface area contributed by atoms with Gasteiger partial charge in [0, 0.05) is 11.4 Å². The number of aryl methyl sites for hydroxylation is 1. The van der Waals surface area contributed by atoms with Gasteiger partial charge >= 0.3 is 0 Å². The third-order valence-electron chi connectivity index (χ3n) is 4.06. The van der Waals surface area contributed by atoms with Crippen molar-refractivity contribution in [3.8, 4) is 0 Å². The molecule has 3 atom stereocenters. The summed E-state index contributed by atoms with van der Waals surface area (Å²) in [6, 6.07) is 0.397. The average Bonchev–Trinajstić information content (AvgIpc) is 2.74. The first-order valence-corrected chi connectivity index (χ1v) is 7.70. The molecule has 2 nitrogen and oxygen atoms in total. The maximum Gasteiger partial charge on any atom is 0.0898 e. The van der Waals surface area contributed by atoms with Crippen LogP contribution in [0.1, 0.15) is 56.3 Å². The minimum absolute atomic E-state index is 0.397. The number of rotatable bonds is 4. The van der Waals surface area contributed by atoms with E-state index in [0.717, 1.165) is 18.4 Å². The third kappa shape index (κ3) is 3.52. The summed E-state index contributed by atoms with van der Waals surface area (Å²) in [7, 11) is 0. The molecule has 1 saturated carbocycles. The van der Waals surface area contributed by atoms with Crippen molar-refractivity contribution in [1.29, 1.82) is 0 Å². The highest BCUT2D eigenvalue weighted by atomic mass is 32.1. The lowest BCUT2D eigenvalue weighted by molar-refractivity contribution is 0.242. The van der Waals surface area contributed by atoms with E-state index in [1.807, 2.05) is 0 Å². The topological polar surface area (TPSA) is 24.9 Å². The Morgan fingerprint density at radius 2 is 2.24 bits per heavy atom. The summed E-state index contributed by atoms with van der Waals surface area (Å²) in [5.74, 6) is 1.76. The first kappa shape index (κ1) is 13.0. The zero-order valence-electron chi connectivity index (χ0n) is 11.2. The molecular formula is C14H24N2S. The van der Waals surface area contributed by atoms with Gasteiger partial charge in [0.25, 0.3) is 0 Å². The van der Waals surface area contributed by atoms with Crippen LogP contribution < -0.4 is 5.32 Å². The van der Waals surface area contributed by atoms with Crippen molar-refractivity contribution in [2.75, 3.05) is 6.54 Å². The molecule has 2 rings (SSSR count). The van der Waals surface area contributed by atoms with Crippen molar-refractivity contribution in [3.05, 3.63) is 16.1 Å². The second-order valence-corrected chi connectivity index (χ2v) is 6.51. The van der Waals surface area contributed by atoms with E-state index in [-0.39, 0.29) is 0 Å². The van der Waals surface area contributed by atoms with Crippen LogP contribution in [0.4, 0.5) is 0 Å². The molecule has 17 heavy (non-hydrogen) atoms. The van der Waals surface area contributed by atoms with Crippen LogP contribution in [0.25, 0.3) is 0 Å². The molecule has 0 spiro atoms. The van der Waals surface area contributed by atoms with E-state index in [1.165, 1.54) is 36.4 Å². The predicted octanol–water partition coefficient (Wildman–Crippen LogP) is 3.93. The van der Waals surface area contributed by atoms with Crippen LogP contribution in [-0.4, -0.2) is 11.5 Å². The van der Waals surface area contributed by atoms with Crippen LogP contribution in [0, 0.1) is 18.8 Å². The van der Waals surface area contributed by atoms with E-state index < -0.39 is 0 Å². The fraction of sp³-hybridized carbons (Fsp3) is 0.786. The van der Waals surface area contributed by atoms with Gasteiger partial charge in [-0.2, -0.15) is 0 Å². The molecule has 1 aliphatic rings. The van der Waals surface area contributed by atoms with Gasteiger partial charge in [-0.15, -0.1) is 11.3 Å². The number of nitrogens with zero attached hydrogens (tertiary/aromatic N) is 1. The Morgan fingerprint density at radius 1 is 1.47 bits per heavy atom. The summed E-state index contributed by atoms with van der Waals surface area (Å²) in [6.07, 6.45) is 5.66. The third-order valence-corrected chi connectivity index (χ3v) is 4.85. The number of aromatic nitrogens is 1. The summed E-state index contributed by atoms with van der Waals surface area (Å²) in [5, 5.41) is 7.00. The van der Waals surface area contributed by atoms with E-state index >= 15 is 0 Å². The number of nitrogens with one attached hydrogen (secondary N) is 1. The van der Waals surface area contributed by atoms with Gasteiger partial charge in [-0.3, -0.25) is 0 Å². The standard InChI is InChI=1S/C14H24N2S/c1-10-6-4-5-7-13(10)8-15-11(2)14-9-17-12(3)16-14/h9-11,13,15H,4-8H2,1-3H3. The number of hydrogen-bond acceptors (Lipinski definition) is 3. The smallest absolute Gasteiger partial charge is 0.0898 e. The van der Waals surface area contributed by atoms with Crippen LogP contribution >= 0.6 is 11.3 Å². The molecule has 1 aliphatic carbocycles. The molecule has 0 aromatic carbocycles. The van der Waals surface area contributed by atoms with E-state index in [0.29, 0.717) is 6.04 Å². The Hall–Kier alpha value is -0.410. The monoisotopic (exact) mass is 252 g/mol. The molecule has 1 aromatic heterocycles. The summed E-state index contributed by atoms with van der Waals surface area (Å²) < 4.78 is 0. The molecule has 0 radical (unpaired) electrons. The van der Waals surface area contributed by atoms with E-state index in [4.69, 9.17) is 0 Å². The quantitative estimate of drug-likeness (QED) is 0.878. The Kier molecular flexibility index (Phi) is 4.57. The molecule has 1 N–H and O–H groups in total. The molecule has 0 amide bonds. The average molecular weight is 252 g/mol. The summed E-state index contributed by atoms with van der Waals surface area (Å²) in [5.41, 5.74) is 1.20. The fourth-order valence-electron chi connectivity index (χ4n) is 2.71. The molecular weight excluding hydrogens is 228 g/mol. The van der Waals surface area contributed by atoms with Gasteiger partial charge in [0.15, 0.2) is 0 Å². The van der Waals surface area contributed by atoms with Crippen molar-refractivity contribution in [1.82, 2.24) is 10.3 Å². The Bertz CT molecular complexity index is 348. The normalized spacial score (nSPS) is 27.0. The maximum absolute atomic E-state index is 4.55. The predicted molar refractivity (Wildman–Crippen MR) is 74.4 cm³/mol. The van der Waals surface area contributed by atoms with Gasteiger partial charge in [-0.25, -0.2) is 4.98 Å². The van der Waals surface area contributed by atoms with Crippen LogP contribution in [0.3, 0.4) is 0 Å². The second-order valence-electron chi connectivity index (χ2n) is 5.44. The van der Waals surface area contributed by atoms with Crippen molar-refractivity contribution < 1.29 is 0 Å². The lowest BCUT2D eigenvalue weighted by Crippen LogP contribution is -2.31. The SMILES string of the molecule is Cc1nc(C(C)NCC2CCCCC2C)cs1. The summed E-state index contributed by atoms with van der Waals surface area (Å²) >= 11 is 1.74. The van der Waals surface area contributed by atoms with Gasteiger partial charge in [0.2, 0.25) is 0 Å². The van der Waals surface area contributed by atoms with Crippen LogP contribution in [0.15, 0.2) is 5.38 Å². The van der Waals surface area contributed by atoms with Crippen molar-refractivity contribution >= 4 is 11.3 Å². The fourth-order valence-corrected chi connectivity index (χ4v) is 3.41. The lowest BCUT2D eigenvalue weighted by atomic mass is 9.80. The highest BCUT2D eigenvalue weighted by Crippen LogP contribution is 2.29. The second kappa shape index (κ2) is 5.96. The Morgan fingerprint density at radius 3 is 2.88 bits per heavy atom. The van der Waals surface area contributed by atoms with Crippen molar-refractivity contribution in [2.45, 2.75) is 52.5 Å². The summed E-state index contributed by atoms with van der Waals surface area (Å²) in [6.45, 7) is 7.86. The van der Waals surface area contributed by atoms with Crippen molar-refractivity contribution in [2.24, 2.45) is 11.8 Å². The van der Waals surface area contributed by atoms with Crippen LogP contribution in [0.2, 0.25) is 0 Å². The molecule has 96 valence electrons. The first-order chi connectivity index (χ1) is 8.16. The van der Waals surface area contributed by atoms with Crippen molar-refractivity contribution in [3.63, 3.8) is 0 Å². The minimum atomic E-state index is 0.397. The lowest BCUT2D eigenvalue weighted by Gasteiger charge is -2.29. The van der Waals surface area contributed by atoms with Gasteiger partial charge in [0.1, 0.15) is 0 Å². The molecule has 1 aromatic rings. The largest absolute Gasteiger partial charge is 0.309 e. The highest BCUT2D eigenvalue weighted by Gasteiger charge is 2.21. The van der Waals surface area contributed by atoms with E-state index in [2.05, 4.69) is 36.5 Å². The summed E-state index contributed by atoms with van der Waals surface area (Å²) in [4.78, 5) is 4.55.